The number of nitrogens with two attached hydrogens (primary N) is 1. The second kappa shape index (κ2) is 6.01. The quantitative estimate of drug-likeness (QED) is 0.860. The first-order valence-corrected chi connectivity index (χ1v) is 6.47. The molecule has 1 amide bonds. The van der Waals surface area contributed by atoms with E-state index in [0.717, 1.165) is 5.56 Å². The topological polar surface area (TPSA) is 55.1 Å². The van der Waals surface area contributed by atoms with Crippen LogP contribution in [0.1, 0.15) is 45.7 Å². The molecule has 18 heavy (non-hydrogen) atoms. The maximum atomic E-state index is 12.0. The minimum Gasteiger partial charge on any atom is -0.347 e. The van der Waals surface area contributed by atoms with Crippen LogP contribution in [0.2, 0.25) is 0 Å². The number of carbonyl (C=O) groups excluding carboxylic acids is 1. The molecule has 0 saturated carbocycles. The van der Waals surface area contributed by atoms with Gasteiger partial charge >= 0.3 is 0 Å². The van der Waals surface area contributed by atoms with Crippen molar-refractivity contribution < 1.29 is 4.79 Å². The monoisotopic (exact) mass is 248 g/mol. The van der Waals surface area contributed by atoms with Gasteiger partial charge in [0, 0.05) is 0 Å². The minimum atomic E-state index is -0.432. The van der Waals surface area contributed by atoms with Crippen LogP contribution >= 0.6 is 0 Å². The highest BCUT2D eigenvalue weighted by Crippen LogP contribution is 2.32. The number of benzene rings is 1. The maximum absolute atomic E-state index is 12.0. The van der Waals surface area contributed by atoms with Gasteiger partial charge in [-0.15, -0.1) is 0 Å². The lowest BCUT2D eigenvalue weighted by molar-refractivity contribution is -0.124. The van der Waals surface area contributed by atoms with Crippen molar-refractivity contribution in [2.75, 3.05) is 0 Å². The molecule has 0 saturated heterocycles. The third kappa shape index (κ3) is 3.84. The Labute approximate surface area is 110 Å². The third-order valence-corrected chi connectivity index (χ3v) is 3.06. The molecule has 0 aliphatic rings. The largest absolute Gasteiger partial charge is 0.347 e. The standard InChI is InChI=1S/C15H24N2O/c1-5-12(16)14(18)17-13(15(2,3)4)11-9-7-6-8-10-11/h6-10,12-13H,5,16H2,1-4H3,(H,17,18). The highest BCUT2D eigenvalue weighted by Gasteiger charge is 2.28. The minimum absolute atomic E-state index is 0.0243. The molecular formula is C15H24N2O. The molecule has 2 unspecified atom stereocenters. The molecule has 0 aliphatic carbocycles. The number of amides is 1. The number of rotatable bonds is 4. The predicted octanol–water partition coefficient (Wildman–Crippen LogP) is 2.63. The van der Waals surface area contributed by atoms with Crippen LogP contribution in [0.25, 0.3) is 0 Å². The van der Waals surface area contributed by atoms with Crippen LogP contribution in [0.5, 0.6) is 0 Å². The SMILES string of the molecule is CCC(N)C(=O)NC(c1ccccc1)C(C)(C)C. The van der Waals surface area contributed by atoms with E-state index in [-0.39, 0.29) is 17.4 Å². The molecule has 0 radical (unpaired) electrons. The second-order valence-electron chi connectivity index (χ2n) is 5.73. The normalized spacial score (nSPS) is 14.9. The van der Waals surface area contributed by atoms with Gasteiger partial charge in [0.15, 0.2) is 0 Å². The molecule has 1 aromatic rings. The van der Waals surface area contributed by atoms with E-state index in [1.165, 1.54) is 0 Å². The smallest absolute Gasteiger partial charge is 0.237 e. The molecule has 0 fully saturated rings. The van der Waals surface area contributed by atoms with Crippen LogP contribution in [0.4, 0.5) is 0 Å². The zero-order valence-corrected chi connectivity index (χ0v) is 11.7. The van der Waals surface area contributed by atoms with Crippen LogP contribution in [-0.4, -0.2) is 11.9 Å². The summed E-state index contributed by atoms with van der Waals surface area (Å²) >= 11 is 0. The molecule has 2 atom stereocenters. The summed E-state index contributed by atoms with van der Waals surface area (Å²) in [5, 5.41) is 3.06. The van der Waals surface area contributed by atoms with Crippen molar-refractivity contribution in [2.24, 2.45) is 11.1 Å². The van der Waals surface area contributed by atoms with Gasteiger partial charge in [0.1, 0.15) is 0 Å². The molecule has 0 aromatic heterocycles. The van der Waals surface area contributed by atoms with Crippen molar-refractivity contribution in [3.8, 4) is 0 Å². The molecule has 1 aromatic carbocycles. The molecule has 100 valence electrons. The van der Waals surface area contributed by atoms with E-state index in [1.54, 1.807) is 0 Å². The molecule has 1 rings (SSSR count). The van der Waals surface area contributed by atoms with Crippen LogP contribution < -0.4 is 11.1 Å². The van der Waals surface area contributed by atoms with E-state index in [2.05, 4.69) is 26.1 Å². The van der Waals surface area contributed by atoms with Gasteiger partial charge in [-0.2, -0.15) is 0 Å². The van der Waals surface area contributed by atoms with Gasteiger partial charge in [-0.05, 0) is 17.4 Å². The summed E-state index contributed by atoms with van der Waals surface area (Å²) in [6, 6.07) is 9.56. The molecule has 0 heterocycles. The second-order valence-corrected chi connectivity index (χ2v) is 5.73. The molecule has 3 N–H and O–H groups in total. The highest BCUT2D eigenvalue weighted by molar-refractivity contribution is 5.81. The Morgan fingerprint density at radius 3 is 2.28 bits per heavy atom. The first kappa shape index (κ1) is 14.7. The van der Waals surface area contributed by atoms with Gasteiger partial charge in [-0.25, -0.2) is 0 Å². The van der Waals surface area contributed by atoms with E-state index in [0.29, 0.717) is 6.42 Å². The Kier molecular flexibility index (Phi) is 4.91. The lowest BCUT2D eigenvalue weighted by Crippen LogP contribution is -2.45. The van der Waals surface area contributed by atoms with Crippen molar-refractivity contribution in [2.45, 2.75) is 46.2 Å². The van der Waals surface area contributed by atoms with Gasteiger partial charge < -0.3 is 11.1 Å². The van der Waals surface area contributed by atoms with Gasteiger partial charge in [-0.3, -0.25) is 4.79 Å². The summed E-state index contributed by atoms with van der Waals surface area (Å²) in [5.74, 6) is -0.0821. The van der Waals surface area contributed by atoms with Crippen molar-refractivity contribution in [3.63, 3.8) is 0 Å². The van der Waals surface area contributed by atoms with Gasteiger partial charge in [0.25, 0.3) is 0 Å². The van der Waals surface area contributed by atoms with Gasteiger partial charge in [0.2, 0.25) is 5.91 Å². The van der Waals surface area contributed by atoms with E-state index in [4.69, 9.17) is 5.73 Å². The summed E-state index contributed by atoms with van der Waals surface area (Å²) in [6.07, 6.45) is 0.650. The summed E-state index contributed by atoms with van der Waals surface area (Å²) in [7, 11) is 0. The Morgan fingerprint density at radius 2 is 1.83 bits per heavy atom. The zero-order valence-electron chi connectivity index (χ0n) is 11.7. The van der Waals surface area contributed by atoms with E-state index < -0.39 is 6.04 Å². The average Bonchev–Trinajstić information content (AvgIpc) is 2.34. The maximum Gasteiger partial charge on any atom is 0.237 e. The molecule has 0 bridgehead atoms. The fourth-order valence-electron chi connectivity index (χ4n) is 1.88. The van der Waals surface area contributed by atoms with Crippen molar-refractivity contribution >= 4 is 5.91 Å². The summed E-state index contributed by atoms with van der Waals surface area (Å²) < 4.78 is 0. The zero-order chi connectivity index (χ0) is 13.8. The van der Waals surface area contributed by atoms with Crippen molar-refractivity contribution in [3.05, 3.63) is 35.9 Å². The summed E-state index contributed by atoms with van der Waals surface area (Å²) in [5.41, 5.74) is 6.84. The number of carbonyl (C=O) groups is 1. The predicted molar refractivity (Wildman–Crippen MR) is 75.0 cm³/mol. The van der Waals surface area contributed by atoms with Gasteiger partial charge in [0.05, 0.1) is 12.1 Å². The van der Waals surface area contributed by atoms with E-state index >= 15 is 0 Å². The van der Waals surface area contributed by atoms with E-state index in [1.807, 2.05) is 37.3 Å². The Hall–Kier alpha value is -1.35. The lowest BCUT2D eigenvalue weighted by Gasteiger charge is -2.32. The third-order valence-electron chi connectivity index (χ3n) is 3.06. The first-order valence-electron chi connectivity index (χ1n) is 6.47. The highest BCUT2D eigenvalue weighted by atomic mass is 16.2. The fraction of sp³-hybridized carbons (Fsp3) is 0.533. The number of nitrogens with one attached hydrogen (secondary N) is 1. The molecule has 0 spiro atoms. The fourth-order valence-corrected chi connectivity index (χ4v) is 1.88. The van der Waals surface area contributed by atoms with Crippen LogP contribution in [0.15, 0.2) is 30.3 Å². The molecule has 0 aliphatic heterocycles. The average molecular weight is 248 g/mol. The molecule has 3 heteroatoms. The Bertz CT molecular complexity index is 381. The van der Waals surface area contributed by atoms with Crippen molar-refractivity contribution in [1.29, 1.82) is 0 Å². The Balaban J connectivity index is 2.92. The number of hydrogen-bond donors (Lipinski definition) is 2. The van der Waals surface area contributed by atoms with E-state index in [9.17, 15) is 4.79 Å². The number of hydrogen-bond acceptors (Lipinski definition) is 2. The van der Waals surface area contributed by atoms with Crippen LogP contribution in [0.3, 0.4) is 0 Å². The lowest BCUT2D eigenvalue weighted by atomic mass is 9.82. The van der Waals surface area contributed by atoms with Crippen molar-refractivity contribution in [1.82, 2.24) is 5.32 Å². The van der Waals surface area contributed by atoms with Crippen LogP contribution in [-0.2, 0) is 4.79 Å². The summed E-state index contributed by atoms with van der Waals surface area (Å²) in [6.45, 7) is 8.26. The summed E-state index contributed by atoms with van der Waals surface area (Å²) in [4.78, 5) is 12.0. The first-order chi connectivity index (χ1) is 8.36. The molecule has 3 nitrogen and oxygen atoms in total. The van der Waals surface area contributed by atoms with Gasteiger partial charge in [-0.1, -0.05) is 58.0 Å². The Morgan fingerprint density at radius 1 is 1.28 bits per heavy atom. The van der Waals surface area contributed by atoms with Crippen LogP contribution in [0, 0.1) is 5.41 Å². The molecular weight excluding hydrogens is 224 g/mol.